The molecule has 0 saturated carbocycles. The molecule has 0 amide bonds. The van der Waals surface area contributed by atoms with E-state index in [9.17, 15) is 0 Å². The second kappa shape index (κ2) is 6.00. The van der Waals surface area contributed by atoms with Gasteiger partial charge >= 0.3 is 0 Å². The van der Waals surface area contributed by atoms with E-state index in [0.29, 0.717) is 0 Å². The van der Waals surface area contributed by atoms with Crippen LogP contribution < -0.4 is 10.7 Å². The number of thioether (sulfide) groups is 1. The molecule has 2 aliphatic rings. The SMILES string of the molecule is CSc1ccc(N=C2C3=C(C)NN(C)C3Nc3ccccc32)cc1. The smallest absolute Gasteiger partial charge is 0.126 e. The molecule has 5 heteroatoms. The maximum atomic E-state index is 5.01. The molecule has 1 unspecified atom stereocenters. The van der Waals surface area contributed by atoms with Crippen molar-refractivity contribution in [2.75, 3.05) is 18.6 Å². The summed E-state index contributed by atoms with van der Waals surface area (Å²) in [5.74, 6) is 0. The number of nitrogens with one attached hydrogen (secondary N) is 2. The fraction of sp³-hybridized carbons (Fsp3) is 0.211. The van der Waals surface area contributed by atoms with Gasteiger partial charge in [0.05, 0.1) is 11.4 Å². The lowest BCUT2D eigenvalue weighted by molar-refractivity contribution is 0.263. The average molecular weight is 336 g/mol. The fourth-order valence-corrected chi connectivity index (χ4v) is 3.69. The van der Waals surface area contributed by atoms with E-state index < -0.39 is 0 Å². The molecule has 2 aliphatic heterocycles. The number of benzene rings is 2. The molecule has 2 aromatic carbocycles. The molecule has 2 aromatic rings. The van der Waals surface area contributed by atoms with Crippen molar-refractivity contribution >= 4 is 28.8 Å². The summed E-state index contributed by atoms with van der Waals surface area (Å²) in [5.41, 5.74) is 10.0. The van der Waals surface area contributed by atoms with Crippen molar-refractivity contribution in [3.05, 3.63) is 65.4 Å². The molecule has 2 heterocycles. The number of fused-ring (bicyclic) bond motifs is 2. The summed E-state index contributed by atoms with van der Waals surface area (Å²) in [5, 5.41) is 5.68. The van der Waals surface area contributed by atoms with Crippen molar-refractivity contribution in [3.63, 3.8) is 0 Å². The van der Waals surface area contributed by atoms with Crippen LogP contribution in [0.2, 0.25) is 0 Å². The Labute approximate surface area is 146 Å². The lowest BCUT2D eigenvalue weighted by Crippen LogP contribution is -2.43. The molecule has 0 fully saturated rings. The molecule has 0 bridgehead atoms. The van der Waals surface area contributed by atoms with Crippen LogP contribution in [-0.4, -0.2) is 30.2 Å². The Morgan fingerprint density at radius 1 is 1.08 bits per heavy atom. The zero-order chi connectivity index (χ0) is 16.7. The van der Waals surface area contributed by atoms with Gasteiger partial charge in [-0.3, -0.25) is 0 Å². The number of para-hydroxylation sites is 1. The number of hydrogen-bond acceptors (Lipinski definition) is 5. The number of anilines is 1. The van der Waals surface area contributed by atoms with E-state index in [-0.39, 0.29) is 6.17 Å². The number of allylic oxidation sites excluding steroid dienone is 1. The lowest BCUT2D eigenvalue weighted by Gasteiger charge is -2.31. The van der Waals surface area contributed by atoms with Crippen molar-refractivity contribution < 1.29 is 0 Å². The van der Waals surface area contributed by atoms with Crippen molar-refractivity contribution in [1.82, 2.24) is 10.4 Å². The van der Waals surface area contributed by atoms with Gasteiger partial charge in [0.15, 0.2) is 0 Å². The Bertz CT molecular complexity index is 839. The van der Waals surface area contributed by atoms with Crippen LogP contribution in [-0.2, 0) is 0 Å². The quantitative estimate of drug-likeness (QED) is 0.813. The molecule has 0 radical (unpaired) electrons. The highest BCUT2D eigenvalue weighted by Crippen LogP contribution is 2.35. The third-order valence-corrected chi connectivity index (χ3v) is 5.20. The summed E-state index contributed by atoms with van der Waals surface area (Å²) in [4.78, 5) is 6.26. The first-order chi connectivity index (χ1) is 11.7. The Morgan fingerprint density at radius 2 is 1.83 bits per heavy atom. The molecule has 122 valence electrons. The third-order valence-electron chi connectivity index (χ3n) is 4.45. The van der Waals surface area contributed by atoms with Crippen LogP contribution in [0.1, 0.15) is 12.5 Å². The van der Waals surface area contributed by atoms with E-state index in [1.807, 2.05) is 7.05 Å². The Kier molecular flexibility index (Phi) is 3.82. The Hall–Kier alpha value is -2.24. The molecule has 0 aliphatic carbocycles. The number of rotatable bonds is 2. The number of likely N-dealkylation sites (N-methyl/N-ethyl adjacent to an activating group) is 1. The average Bonchev–Trinajstić information content (AvgIpc) is 2.89. The van der Waals surface area contributed by atoms with Gasteiger partial charge in [-0.1, -0.05) is 18.2 Å². The highest BCUT2D eigenvalue weighted by atomic mass is 32.2. The van der Waals surface area contributed by atoms with Gasteiger partial charge < -0.3 is 10.7 Å². The van der Waals surface area contributed by atoms with Gasteiger partial charge in [0.1, 0.15) is 6.17 Å². The highest BCUT2D eigenvalue weighted by molar-refractivity contribution is 7.98. The van der Waals surface area contributed by atoms with Gasteiger partial charge in [0, 0.05) is 34.5 Å². The number of hydrazine groups is 1. The maximum absolute atomic E-state index is 5.01. The monoisotopic (exact) mass is 336 g/mol. The minimum Gasteiger partial charge on any atom is -0.364 e. The normalized spacial score (nSPS) is 21.3. The Balaban J connectivity index is 1.86. The molecule has 24 heavy (non-hydrogen) atoms. The molecule has 0 spiro atoms. The predicted molar refractivity (Wildman–Crippen MR) is 102 cm³/mol. The fourth-order valence-electron chi connectivity index (χ4n) is 3.28. The first-order valence-electron chi connectivity index (χ1n) is 7.96. The molecular formula is C19H20N4S. The summed E-state index contributed by atoms with van der Waals surface area (Å²) in [6.07, 6.45) is 2.19. The van der Waals surface area contributed by atoms with E-state index in [1.54, 1.807) is 11.8 Å². The van der Waals surface area contributed by atoms with E-state index in [1.165, 1.54) is 10.5 Å². The summed E-state index contributed by atoms with van der Waals surface area (Å²) < 4.78 is 0. The van der Waals surface area contributed by atoms with E-state index >= 15 is 0 Å². The zero-order valence-corrected chi connectivity index (χ0v) is 14.8. The minimum absolute atomic E-state index is 0.101. The predicted octanol–water partition coefficient (Wildman–Crippen LogP) is 4.00. The topological polar surface area (TPSA) is 39.7 Å². The molecule has 1 atom stereocenters. The Morgan fingerprint density at radius 3 is 2.58 bits per heavy atom. The van der Waals surface area contributed by atoms with Crippen LogP contribution >= 0.6 is 11.8 Å². The second-order valence-corrected chi connectivity index (χ2v) is 6.89. The van der Waals surface area contributed by atoms with E-state index in [0.717, 1.165) is 28.3 Å². The van der Waals surface area contributed by atoms with Crippen LogP contribution in [0.4, 0.5) is 11.4 Å². The summed E-state index contributed by atoms with van der Waals surface area (Å²) in [6, 6.07) is 16.8. The van der Waals surface area contributed by atoms with Gasteiger partial charge in [-0.25, -0.2) is 10.0 Å². The first kappa shape index (κ1) is 15.3. The maximum Gasteiger partial charge on any atom is 0.126 e. The molecule has 4 nitrogen and oxygen atoms in total. The van der Waals surface area contributed by atoms with Gasteiger partial charge in [-0.05, 0) is 43.5 Å². The van der Waals surface area contributed by atoms with Crippen LogP contribution in [0.25, 0.3) is 0 Å². The van der Waals surface area contributed by atoms with Gasteiger partial charge in [-0.15, -0.1) is 11.8 Å². The third kappa shape index (κ3) is 2.50. The van der Waals surface area contributed by atoms with Gasteiger partial charge in [0.25, 0.3) is 0 Å². The van der Waals surface area contributed by atoms with E-state index in [4.69, 9.17) is 4.99 Å². The standard InChI is InChI=1S/C19H20N4S/c1-12-17-18(20-13-8-10-14(24-3)11-9-13)15-6-4-5-7-16(15)21-19(17)23(2)22-12/h4-11,19,21-22H,1-3H3. The number of nitrogens with zero attached hydrogens (tertiary/aromatic N) is 2. The van der Waals surface area contributed by atoms with Crippen molar-refractivity contribution in [1.29, 1.82) is 0 Å². The summed E-state index contributed by atoms with van der Waals surface area (Å²) >= 11 is 1.74. The van der Waals surface area contributed by atoms with Crippen LogP contribution in [0, 0.1) is 0 Å². The van der Waals surface area contributed by atoms with Crippen molar-refractivity contribution in [2.45, 2.75) is 18.0 Å². The minimum atomic E-state index is 0.101. The van der Waals surface area contributed by atoms with E-state index in [2.05, 4.69) is 77.5 Å². The first-order valence-corrected chi connectivity index (χ1v) is 9.19. The number of aliphatic imine (C=N–C) groups is 1. The van der Waals surface area contributed by atoms with Gasteiger partial charge in [-0.2, -0.15) is 0 Å². The lowest BCUT2D eigenvalue weighted by atomic mass is 9.93. The molecule has 2 N–H and O–H groups in total. The van der Waals surface area contributed by atoms with Crippen LogP contribution in [0.3, 0.4) is 0 Å². The largest absolute Gasteiger partial charge is 0.364 e. The van der Waals surface area contributed by atoms with Crippen LogP contribution in [0.5, 0.6) is 0 Å². The molecule has 0 saturated heterocycles. The molecule has 0 aromatic heterocycles. The van der Waals surface area contributed by atoms with Crippen LogP contribution in [0.15, 0.2) is 69.7 Å². The summed E-state index contributed by atoms with van der Waals surface area (Å²) in [6.45, 7) is 2.10. The molecular weight excluding hydrogens is 316 g/mol. The number of hydrogen-bond donors (Lipinski definition) is 2. The van der Waals surface area contributed by atoms with Crippen molar-refractivity contribution in [3.8, 4) is 0 Å². The zero-order valence-electron chi connectivity index (χ0n) is 14.0. The highest BCUT2D eigenvalue weighted by Gasteiger charge is 2.36. The second-order valence-electron chi connectivity index (χ2n) is 6.01. The van der Waals surface area contributed by atoms with Gasteiger partial charge in [0.2, 0.25) is 0 Å². The summed E-state index contributed by atoms with van der Waals surface area (Å²) in [7, 11) is 2.05. The van der Waals surface area contributed by atoms with Crippen molar-refractivity contribution in [2.24, 2.45) is 4.99 Å². The molecule has 4 rings (SSSR count).